The first kappa shape index (κ1) is 13.9. The van der Waals surface area contributed by atoms with Crippen molar-refractivity contribution in [2.75, 3.05) is 0 Å². The van der Waals surface area contributed by atoms with Crippen LogP contribution in [0.3, 0.4) is 0 Å². The lowest BCUT2D eigenvalue weighted by Gasteiger charge is -2.03. The van der Waals surface area contributed by atoms with Crippen LogP contribution in [0, 0.1) is 0 Å². The van der Waals surface area contributed by atoms with Gasteiger partial charge in [0.25, 0.3) is 5.56 Å². The Bertz CT molecular complexity index is 840. The van der Waals surface area contributed by atoms with Crippen LogP contribution in [-0.2, 0) is 13.0 Å². The molecular formula is C14H13BrN4O2. The average Bonchev–Trinajstić information content (AvgIpc) is 2.90. The van der Waals surface area contributed by atoms with Crippen molar-refractivity contribution in [3.63, 3.8) is 0 Å². The lowest BCUT2D eigenvalue weighted by atomic mass is 10.2. The Morgan fingerprint density at radius 3 is 3.05 bits per heavy atom. The highest BCUT2D eigenvalue weighted by molar-refractivity contribution is 9.10. The lowest BCUT2D eigenvalue weighted by Crippen LogP contribution is -2.21. The van der Waals surface area contributed by atoms with E-state index in [1.54, 1.807) is 12.1 Å². The van der Waals surface area contributed by atoms with Crippen molar-refractivity contribution in [3.05, 3.63) is 51.1 Å². The Kier molecular flexibility index (Phi) is 3.83. The number of hydrogen-bond acceptors (Lipinski definition) is 5. The molecule has 108 valence electrons. The topological polar surface area (TPSA) is 73.8 Å². The summed E-state index contributed by atoms with van der Waals surface area (Å²) in [6.45, 7) is 2.27. The van der Waals surface area contributed by atoms with E-state index in [1.165, 1.54) is 10.9 Å². The third-order valence-electron chi connectivity index (χ3n) is 3.08. The van der Waals surface area contributed by atoms with E-state index in [-0.39, 0.29) is 12.1 Å². The molecule has 3 rings (SSSR count). The minimum Gasteiger partial charge on any atom is -0.337 e. The molecule has 2 aromatic heterocycles. The minimum atomic E-state index is -0.128. The molecule has 0 aliphatic carbocycles. The Balaban J connectivity index is 1.96. The van der Waals surface area contributed by atoms with E-state index in [0.717, 1.165) is 17.3 Å². The van der Waals surface area contributed by atoms with Crippen molar-refractivity contribution < 1.29 is 4.52 Å². The lowest BCUT2D eigenvalue weighted by molar-refractivity contribution is 0.364. The van der Waals surface area contributed by atoms with Crippen molar-refractivity contribution >= 4 is 26.8 Å². The summed E-state index contributed by atoms with van der Waals surface area (Å²) in [5.74, 6) is 1.08. The van der Waals surface area contributed by atoms with Crippen molar-refractivity contribution in [1.82, 2.24) is 19.7 Å². The molecule has 2 heterocycles. The largest absolute Gasteiger partial charge is 0.337 e. The minimum absolute atomic E-state index is 0.128. The third kappa shape index (κ3) is 2.87. The van der Waals surface area contributed by atoms with Crippen LogP contribution in [0.2, 0.25) is 0 Å². The predicted octanol–water partition coefficient (Wildman–Crippen LogP) is 2.54. The molecule has 0 aliphatic heterocycles. The average molecular weight is 349 g/mol. The molecule has 0 saturated carbocycles. The van der Waals surface area contributed by atoms with Crippen LogP contribution in [0.25, 0.3) is 10.9 Å². The number of fused-ring (bicyclic) bond motifs is 1. The molecule has 0 N–H and O–H groups in total. The summed E-state index contributed by atoms with van der Waals surface area (Å²) in [7, 11) is 0. The van der Waals surface area contributed by atoms with Gasteiger partial charge in [-0.2, -0.15) is 4.98 Å². The summed E-state index contributed by atoms with van der Waals surface area (Å²) in [6, 6.07) is 5.42. The van der Waals surface area contributed by atoms with Gasteiger partial charge >= 0.3 is 0 Å². The molecule has 0 aliphatic rings. The van der Waals surface area contributed by atoms with E-state index >= 15 is 0 Å². The zero-order valence-electron chi connectivity index (χ0n) is 11.4. The van der Waals surface area contributed by atoms with Gasteiger partial charge < -0.3 is 4.52 Å². The Hall–Kier alpha value is -2.02. The van der Waals surface area contributed by atoms with E-state index < -0.39 is 0 Å². The number of nitrogens with zero attached hydrogens (tertiary/aromatic N) is 4. The summed E-state index contributed by atoms with van der Waals surface area (Å²) in [5, 5.41) is 4.43. The molecule has 0 saturated heterocycles. The van der Waals surface area contributed by atoms with Crippen LogP contribution >= 0.6 is 15.9 Å². The standard InChI is InChI=1S/C14H13BrN4O2/c1-2-3-12-17-13(21-18-12)7-19-8-16-11-5-4-9(15)6-10(11)14(19)20/h4-6,8H,2-3,7H2,1H3. The summed E-state index contributed by atoms with van der Waals surface area (Å²) >= 11 is 3.36. The van der Waals surface area contributed by atoms with Crippen molar-refractivity contribution in [1.29, 1.82) is 0 Å². The van der Waals surface area contributed by atoms with Gasteiger partial charge in [0.05, 0.1) is 17.2 Å². The summed E-state index contributed by atoms with van der Waals surface area (Å²) in [5.41, 5.74) is 0.535. The number of aryl methyl sites for hydroxylation is 1. The highest BCUT2D eigenvalue weighted by atomic mass is 79.9. The van der Waals surface area contributed by atoms with Gasteiger partial charge in [-0.3, -0.25) is 9.36 Å². The second-order valence-corrected chi connectivity index (χ2v) is 5.61. The molecule has 0 unspecified atom stereocenters. The fourth-order valence-corrected chi connectivity index (χ4v) is 2.43. The molecule has 0 bridgehead atoms. The first-order chi connectivity index (χ1) is 10.2. The Labute approximate surface area is 128 Å². The van der Waals surface area contributed by atoms with E-state index in [4.69, 9.17) is 4.52 Å². The molecule has 0 atom stereocenters. The molecule has 3 aromatic rings. The van der Waals surface area contributed by atoms with E-state index in [2.05, 4.69) is 31.1 Å². The van der Waals surface area contributed by atoms with Gasteiger partial charge in [0.15, 0.2) is 5.82 Å². The summed E-state index contributed by atoms with van der Waals surface area (Å²) in [6.07, 6.45) is 3.22. The monoisotopic (exact) mass is 348 g/mol. The van der Waals surface area contributed by atoms with Gasteiger partial charge in [0, 0.05) is 10.9 Å². The Morgan fingerprint density at radius 2 is 2.24 bits per heavy atom. The predicted molar refractivity (Wildman–Crippen MR) is 81.1 cm³/mol. The maximum absolute atomic E-state index is 12.4. The van der Waals surface area contributed by atoms with Gasteiger partial charge in [-0.25, -0.2) is 4.98 Å². The summed E-state index contributed by atoms with van der Waals surface area (Å²) < 4.78 is 7.47. The third-order valence-corrected chi connectivity index (χ3v) is 3.57. The molecule has 0 amide bonds. The Morgan fingerprint density at radius 1 is 1.38 bits per heavy atom. The second-order valence-electron chi connectivity index (χ2n) is 4.69. The van der Waals surface area contributed by atoms with Gasteiger partial charge in [-0.15, -0.1) is 0 Å². The van der Waals surface area contributed by atoms with Crippen LogP contribution in [0.15, 0.2) is 38.3 Å². The molecule has 0 radical (unpaired) electrons. The zero-order chi connectivity index (χ0) is 14.8. The molecule has 6 nitrogen and oxygen atoms in total. The number of rotatable bonds is 4. The van der Waals surface area contributed by atoms with Crippen molar-refractivity contribution in [2.45, 2.75) is 26.3 Å². The maximum Gasteiger partial charge on any atom is 0.261 e. The molecule has 0 spiro atoms. The fourth-order valence-electron chi connectivity index (χ4n) is 2.07. The quantitative estimate of drug-likeness (QED) is 0.724. The number of halogens is 1. The fraction of sp³-hybridized carbons (Fsp3) is 0.286. The van der Waals surface area contributed by atoms with Crippen LogP contribution in [-0.4, -0.2) is 19.7 Å². The van der Waals surface area contributed by atoms with E-state index in [9.17, 15) is 4.79 Å². The summed E-state index contributed by atoms with van der Waals surface area (Å²) in [4.78, 5) is 21.0. The van der Waals surface area contributed by atoms with Crippen LogP contribution in [0.1, 0.15) is 25.1 Å². The van der Waals surface area contributed by atoms with E-state index in [1.807, 2.05) is 13.0 Å². The van der Waals surface area contributed by atoms with Gasteiger partial charge in [0.2, 0.25) is 5.89 Å². The molecule has 0 fully saturated rings. The number of aromatic nitrogens is 4. The van der Waals surface area contributed by atoms with Gasteiger partial charge in [0.1, 0.15) is 6.54 Å². The first-order valence-electron chi connectivity index (χ1n) is 6.63. The highest BCUT2D eigenvalue weighted by Crippen LogP contribution is 2.15. The second kappa shape index (κ2) is 5.77. The molecule has 21 heavy (non-hydrogen) atoms. The van der Waals surface area contributed by atoms with Crippen molar-refractivity contribution in [3.8, 4) is 0 Å². The van der Waals surface area contributed by atoms with Crippen molar-refractivity contribution in [2.24, 2.45) is 0 Å². The maximum atomic E-state index is 12.4. The SMILES string of the molecule is CCCc1noc(Cn2cnc3ccc(Br)cc3c2=O)n1. The number of benzene rings is 1. The smallest absolute Gasteiger partial charge is 0.261 e. The first-order valence-corrected chi connectivity index (χ1v) is 7.43. The van der Waals surface area contributed by atoms with Crippen LogP contribution < -0.4 is 5.56 Å². The van der Waals surface area contributed by atoms with E-state index in [0.29, 0.717) is 22.6 Å². The molecule has 7 heteroatoms. The molecular weight excluding hydrogens is 336 g/mol. The number of hydrogen-bond donors (Lipinski definition) is 0. The van der Waals surface area contributed by atoms with Gasteiger partial charge in [-0.1, -0.05) is 28.0 Å². The highest BCUT2D eigenvalue weighted by Gasteiger charge is 2.10. The van der Waals surface area contributed by atoms with Crippen LogP contribution in [0.5, 0.6) is 0 Å². The molecule has 1 aromatic carbocycles. The van der Waals surface area contributed by atoms with Gasteiger partial charge in [-0.05, 0) is 24.6 Å². The van der Waals surface area contributed by atoms with Crippen LogP contribution in [0.4, 0.5) is 0 Å². The normalized spacial score (nSPS) is 11.1. The zero-order valence-corrected chi connectivity index (χ0v) is 13.0.